The van der Waals surface area contributed by atoms with E-state index < -0.39 is 18.3 Å². The van der Waals surface area contributed by atoms with Gasteiger partial charge in [0.25, 0.3) is 0 Å². The molecule has 2 unspecified atom stereocenters. The van der Waals surface area contributed by atoms with Crippen molar-refractivity contribution < 1.29 is 23.2 Å². The summed E-state index contributed by atoms with van der Waals surface area (Å²) in [7, 11) is 0.936. The van der Waals surface area contributed by atoms with E-state index in [2.05, 4.69) is 13.8 Å². The third-order valence-corrected chi connectivity index (χ3v) is 9.11. The molecule has 32 heavy (non-hydrogen) atoms. The first-order valence-corrected chi connectivity index (χ1v) is 12.1. The third kappa shape index (κ3) is 3.44. The quantitative estimate of drug-likeness (QED) is 0.453. The maximum atomic E-state index is 15.2. The van der Waals surface area contributed by atoms with Crippen LogP contribution < -0.4 is 10.2 Å². The molecule has 5 fully saturated rings. The minimum absolute atomic E-state index is 0.0769. The molecule has 4 aliphatic carbocycles. The topological polar surface area (TPSA) is 36.9 Å². The molecule has 4 saturated carbocycles. The van der Waals surface area contributed by atoms with E-state index in [1.165, 1.54) is 25.3 Å². The first-order valence-electron chi connectivity index (χ1n) is 12.1. The summed E-state index contributed by atoms with van der Waals surface area (Å²) in [6.45, 7) is 13.1. The maximum absolute atomic E-state index is 15.2. The molecule has 0 amide bonds. The SMILES string of the molecule is COCOc1c(B2OC(C)(C)C(C)(C)O2)cc(F)cc1C12CC3C[C@@](C)(C1)C[C@](C)(C3)C2. The highest BCUT2D eigenvalue weighted by molar-refractivity contribution is 6.63. The van der Waals surface area contributed by atoms with Crippen molar-refractivity contribution in [2.45, 2.75) is 96.7 Å². The first-order chi connectivity index (χ1) is 14.8. The Morgan fingerprint density at radius 1 is 0.938 bits per heavy atom. The molecular weight excluding hydrogens is 406 g/mol. The Kier molecular flexibility index (Phi) is 4.93. The van der Waals surface area contributed by atoms with Gasteiger partial charge in [-0.15, -0.1) is 0 Å². The summed E-state index contributed by atoms with van der Waals surface area (Å²) in [6, 6.07) is 3.25. The number of halogens is 1. The van der Waals surface area contributed by atoms with Gasteiger partial charge in [0.2, 0.25) is 0 Å². The van der Waals surface area contributed by atoms with Gasteiger partial charge < -0.3 is 18.8 Å². The summed E-state index contributed by atoms with van der Waals surface area (Å²) >= 11 is 0. The van der Waals surface area contributed by atoms with Crippen molar-refractivity contribution in [3.8, 4) is 5.75 Å². The summed E-state index contributed by atoms with van der Waals surface area (Å²) in [5.41, 5.74) is 1.15. The number of methoxy groups -OCH3 is 1. The van der Waals surface area contributed by atoms with Crippen LogP contribution in [0.2, 0.25) is 0 Å². The third-order valence-electron chi connectivity index (χ3n) is 9.11. The second-order valence-corrected chi connectivity index (χ2v) is 12.9. The molecule has 1 aromatic rings. The van der Waals surface area contributed by atoms with E-state index >= 15 is 4.39 Å². The molecule has 0 aromatic heterocycles. The normalized spacial score (nSPS) is 39.0. The molecule has 6 heteroatoms. The van der Waals surface area contributed by atoms with Gasteiger partial charge in [-0.05, 0) is 95.1 Å². The molecule has 4 nitrogen and oxygen atoms in total. The van der Waals surface area contributed by atoms with Gasteiger partial charge in [0.1, 0.15) is 11.6 Å². The van der Waals surface area contributed by atoms with Gasteiger partial charge in [0.15, 0.2) is 6.79 Å². The number of hydrogen-bond acceptors (Lipinski definition) is 4. The van der Waals surface area contributed by atoms with Gasteiger partial charge in [-0.25, -0.2) is 4.39 Å². The molecule has 0 spiro atoms. The van der Waals surface area contributed by atoms with E-state index in [0.29, 0.717) is 28.0 Å². The smallest absolute Gasteiger partial charge is 0.468 e. The fraction of sp³-hybridized carbons (Fsp3) is 0.769. The molecule has 1 saturated heterocycles. The van der Waals surface area contributed by atoms with Gasteiger partial charge in [0.05, 0.1) is 11.2 Å². The Hall–Kier alpha value is -1.11. The minimum Gasteiger partial charge on any atom is -0.468 e. The molecule has 176 valence electrons. The zero-order chi connectivity index (χ0) is 23.2. The van der Waals surface area contributed by atoms with Crippen LogP contribution in [0.1, 0.15) is 85.6 Å². The predicted molar refractivity (Wildman–Crippen MR) is 124 cm³/mol. The van der Waals surface area contributed by atoms with Crippen molar-refractivity contribution in [1.29, 1.82) is 0 Å². The Balaban J connectivity index is 1.64. The van der Waals surface area contributed by atoms with Gasteiger partial charge in [-0.1, -0.05) is 13.8 Å². The lowest BCUT2D eigenvalue weighted by Gasteiger charge is -2.65. The van der Waals surface area contributed by atoms with E-state index in [1.807, 2.05) is 27.7 Å². The summed E-state index contributed by atoms with van der Waals surface area (Å²) in [5, 5.41) is 0. The molecule has 1 aromatic carbocycles. The number of benzene rings is 1. The van der Waals surface area contributed by atoms with E-state index in [1.54, 1.807) is 13.2 Å². The Bertz CT molecular complexity index is 895. The highest BCUT2D eigenvalue weighted by Crippen LogP contribution is 2.70. The molecule has 0 radical (unpaired) electrons. The van der Waals surface area contributed by atoms with Crippen LogP contribution >= 0.6 is 0 Å². The molecular formula is C26H38BFO4. The predicted octanol–water partition coefficient (Wildman–Crippen LogP) is 5.36. The summed E-state index contributed by atoms with van der Waals surface area (Å²) in [5.74, 6) is 1.14. The molecule has 4 bridgehead atoms. The van der Waals surface area contributed by atoms with Crippen LogP contribution in [-0.2, 0) is 19.5 Å². The lowest BCUT2D eigenvalue weighted by atomic mass is 9.39. The molecule has 1 heterocycles. The second-order valence-electron chi connectivity index (χ2n) is 12.9. The fourth-order valence-electron chi connectivity index (χ4n) is 8.18. The van der Waals surface area contributed by atoms with Crippen molar-refractivity contribution in [2.24, 2.45) is 16.7 Å². The van der Waals surface area contributed by atoms with Crippen molar-refractivity contribution in [2.75, 3.05) is 13.9 Å². The van der Waals surface area contributed by atoms with Crippen LogP contribution in [0.15, 0.2) is 12.1 Å². The van der Waals surface area contributed by atoms with Crippen LogP contribution in [0, 0.1) is 22.6 Å². The van der Waals surface area contributed by atoms with Gasteiger partial charge in [-0.3, -0.25) is 0 Å². The number of ether oxygens (including phenoxy) is 2. The van der Waals surface area contributed by atoms with Crippen LogP contribution in [-0.4, -0.2) is 32.2 Å². The summed E-state index contributed by atoms with van der Waals surface area (Å²) in [4.78, 5) is 0. The standard InChI is InChI=1S/C26H38BFO4/c1-22(2)23(3,4)32-27(31-22)20-9-18(28)8-19(21(20)30-16-29-7)26-12-17-10-24(5,14-26)13-25(6,11-17)15-26/h8-9,17H,10-16H2,1-7H3/t17?,24-,25+,26?. The number of rotatable bonds is 5. The Labute approximate surface area is 192 Å². The molecule has 4 atom stereocenters. The molecule has 0 N–H and O–H groups in total. The average Bonchev–Trinajstić information content (AvgIpc) is 2.84. The Morgan fingerprint density at radius 3 is 2.06 bits per heavy atom. The first kappa shape index (κ1) is 22.7. The van der Waals surface area contributed by atoms with Gasteiger partial charge in [-0.2, -0.15) is 0 Å². The molecule has 6 rings (SSSR count). The highest BCUT2D eigenvalue weighted by Gasteiger charge is 2.62. The lowest BCUT2D eigenvalue weighted by molar-refractivity contribution is -0.110. The Morgan fingerprint density at radius 2 is 1.53 bits per heavy atom. The molecule has 1 aliphatic heterocycles. The maximum Gasteiger partial charge on any atom is 0.498 e. The van der Waals surface area contributed by atoms with Crippen LogP contribution in [0.3, 0.4) is 0 Å². The average molecular weight is 444 g/mol. The van der Waals surface area contributed by atoms with Crippen LogP contribution in [0.5, 0.6) is 5.75 Å². The largest absolute Gasteiger partial charge is 0.498 e. The van der Waals surface area contributed by atoms with E-state index in [0.717, 1.165) is 24.8 Å². The zero-order valence-corrected chi connectivity index (χ0v) is 20.8. The van der Waals surface area contributed by atoms with Gasteiger partial charge >= 0.3 is 7.12 Å². The van der Waals surface area contributed by atoms with Crippen molar-refractivity contribution in [3.05, 3.63) is 23.5 Å². The van der Waals surface area contributed by atoms with Crippen molar-refractivity contribution in [1.82, 2.24) is 0 Å². The number of hydrogen-bond donors (Lipinski definition) is 0. The zero-order valence-electron chi connectivity index (χ0n) is 20.8. The summed E-state index contributed by atoms with van der Waals surface area (Å²) < 4.78 is 39.4. The van der Waals surface area contributed by atoms with Crippen LogP contribution in [0.25, 0.3) is 0 Å². The van der Waals surface area contributed by atoms with E-state index in [4.69, 9.17) is 18.8 Å². The van der Waals surface area contributed by atoms with Crippen molar-refractivity contribution >= 4 is 12.6 Å². The molecule has 5 aliphatic rings. The fourth-order valence-corrected chi connectivity index (χ4v) is 8.18. The van der Waals surface area contributed by atoms with Crippen molar-refractivity contribution in [3.63, 3.8) is 0 Å². The van der Waals surface area contributed by atoms with Gasteiger partial charge in [0, 0.05) is 23.6 Å². The van der Waals surface area contributed by atoms with E-state index in [-0.39, 0.29) is 18.0 Å². The van der Waals surface area contributed by atoms with Crippen LogP contribution in [0.4, 0.5) is 4.39 Å². The monoisotopic (exact) mass is 444 g/mol. The minimum atomic E-state index is -0.679. The summed E-state index contributed by atoms with van der Waals surface area (Å²) in [6.07, 6.45) is 7.12. The lowest BCUT2D eigenvalue weighted by Crippen LogP contribution is -2.57. The highest BCUT2D eigenvalue weighted by atomic mass is 19.1. The second kappa shape index (κ2) is 6.96. The van der Waals surface area contributed by atoms with E-state index in [9.17, 15) is 0 Å².